The fourth-order valence-electron chi connectivity index (χ4n) is 1.57. The van der Waals surface area contributed by atoms with Gasteiger partial charge in [0, 0.05) is 11.0 Å². The van der Waals surface area contributed by atoms with Crippen LogP contribution in [0, 0.1) is 11.8 Å². The van der Waals surface area contributed by atoms with Gasteiger partial charge in [-0.05, 0) is 37.5 Å². The largest absolute Gasteiger partial charge is 0.396 e. The lowest BCUT2D eigenvalue weighted by atomic mass is 9.83. The van der Waals surface area contributed by atoms with Gasteiger partial charge < -0.3 is 5.11 Å². The molecule has 1 saturated carbocycles. The molecule has 1 aliphatic rings. The number of aliphatic hydroxyl groups is 1. The molecule has 0 atom stereocenters. The lowest BCUT2D eigenvalue weighted by Gasteiger charge is -2.25. The lowest BCUT2D eigenvalue weighted by Crippen LogP contribution is -2.17. The molecule has 1 fully saturated rings. The Morgan fingerprint density at radius 1 is 1.10 bits per heavy atom. The Morgan fingerprint density at radius 2 is 1.60 bits per heavy atom. The van der Waals surface area contributed by atoms with E-state index in [4.69, 9.17) is 5.11 Å². The highest BCUT2D eigenvalue weighted by Gasteiger charge is 2.18. The van der Waals surface area contributed by atoms with Gasteiger partial charge in [0.1, 0.15) is 0 Å². The number of rotatable bonds is 2. The van der Waals surface area contributed by atoms with Crippen molar-refractivity contribution in [1.29, 1.82) is 0 Å². The second-order valence-electron chi connectivity index (χ2n) is 3.22. The van der Waals surface area contributed by atoms with Crippen LogP contribution in [-0.4, -0.2) is 16.1 Å². The molecule has 60 valence electrons. The molecule has 0 aromatic rings. The summed E-state index contributed by atoms with van der Waals surface area (Å²) >= 11 is 2.46. The van der Waals surface area contributed by atoms with E-state index in [-0.39, 0.29) is 0 Å². The van der Waals surface area contributed by atoms with Crippen LogP contribution in [0.25, 0.3) is 0 Å². The van der Waals surface area contributed by atoms with Gasteiger partial charge in [-0.25, -0.2) is 0 Å². The molecule has 0 saturated heterocycles. The number of hydrogen-bond donors (Lipinski definition) is 1. The van der Waals surface area contributed by atoms with Gasteiger partial charge in [0.25, 0.3) is 0 Å². The Labute approximate surface area is 76.3 Å². The number of alkyl halides is 1. The highest BCUT2D eigenvalue weighted by atomic mass is 127. The fraction of sp³-hybridized carbons (Fsp3) is 1.00. The zero-order chi connectivity index (χ0) is 7.40. The Morgan fingerprint density at radius 3 is 2.00 bits per heavy atom. The van der Waals surface area contributed by atoms with Crippen LogP contribution >= 0.6 is 22.6 Å². The van der Waals surface area contributed by atoms with Crippen LogP contribution in [-0.2, 0) is 0 Å². The van der Waals surface area contributed by atoms with Crippen LogP contribution in [0.2, 0.25) is 0 Å². The van der Waals surface area contributed by atoms with E-state index in [0.717, 1.165) is 5.92 Å². The van der Waals surface area contributed by atoms with Crippen LogP contribution in [0.5, 0.6) is 0 Å². The van der Waals surface area contributed by atoms with E-state index in [2.05, 4.69) is 22.6 Å². The van der Waals surface area contributed by atoms with Crippen LogP contribution < -0.4 is 0 Å². The molecule has 1 aliphatic carbocycles. The molecule has 0 aliphatic heterocycles. The maximum atomic E-state index is 8.85. The van der Waals surface area contributed by atoms with Crippen molar-refractivity contribution in [3.8, 4) is 0 Å². The first-order valence-corrected chi connectivity index (χ1v) is 5.56. The molecular weight excluding hydrogens is 239 g/mol. The van der Waals surface area contributed by atoms with Gasteiger partial charge in [-0.3, -0.25) is 0 Å². The summed E-state index contributed by atoms with van der Waals surface area (Å²) < 4.78 is 1.30. The van der Waals surface area contributed by atoms with Crippen LogP contribution in [0.1, 0.15) is 25.7 Å². The molecule has 1 rings (SSSR count). The van der Waals surface area contributed by atoms with Crippen molar-refractivity contribution in [2.45, 2.75) is 25.7 Å². The van der Waals surface area contributed by atoms with Crippen LogP contribution in [0.4, 0.5) is 0 Å². The van der Waals surface area contributed by atoms with Crippen molar-refractivity contribution >= 4 is 22.6 Å². The van der Waals surface area contributed by atoms with Gasteiger partial charge in [0.2, 0.25) is 0 Å². The van der Waals surface area contributed by atoms with Gasteiger partial charge in [0.05, 0.1) is 0 Å². The minimum absolute atomic E-state index is 0.411. The number of hydrogen-bond acceptors (Lipinski definition) is 1. The van der Waals surface area contributed by atoms with Crippen molar-refractivity contribution in [1.82, 2.24) is 0 Å². The zero-order valence-corrected chi connectivity index (χ0v) is 8.38. The summed E-state index contributed by atoms with van der Waals surface area (Å²) in [6, 6.07) is 0. The zero-order valence-electron chi connectivity index (χ0n) is 6.22. The molecule has 0 spiro atoms. The third-order valence-electron chi connectivity index (χ3n) is 2.44. The minimum Gasteiger partial charge on any atom is -0.396 e. The van der Waals surface area contributed by atoms with E-state index >= 15 is 0 Å². The van der Waals surface area contributed by atoms with Crippen LogP contribution in [0.15, 0.2) is 0 Å². The predicted molar refractivity (Wildman–Crippen MR) is 51.4 cm³/mol. The van der Waals surface area contributed by atoms with E-state index < -0.39 is 0 Å². The van der Waals surface area contributed by atoms with E-state index in [1.165, 1.54) is 30.1 Å². The second-order valence-corrected chi connectivity index (χ2v) is 4.10. The summed E-state index contributed by atoms with van der Waals surface area (Å²) in [7, 11) is 0. The monoisotopic (exact) mass is 254 g/mol. The predicted octanol–water partition coefficient (Wildman–Crippen LogP) is 2.22. The highest BCUT2D eigenvalue weighted by Crippen LogP contribution is 2.29. The molecule has 0 unspecified atom stereocenters. The van der Waals surface area contributed by atoms with E-state index in [1.807, 2.05) is 0 Å². The van der Waals surface area contributed by atoms with Crippen molar-refractivity contribution < 1.29 is 5.11 Å². The molecule has 1 N–H and O–H groups in total. The third-order valence-corrected chi connectivity index (χ3v) is 3.69. The van der Waals surface area contributed by atoms with Crippen molar-refractivity contribution in [3.63, 3.8) is 0 Å². The molecule has 0 aromatic heterocycles. The summed E-state index contributed by atoms with van der Waals surface area (Å²) in [6.07, 6.45) is 5.19. The van der Waals surface area contributed by atoms with Gasteiger partial charge in [0.15, 0.2) is 0 Å². The first-order chi connectivity index (χ1) is 4.86. The molecule has 1 nitrogen and oxygen atoms in total. The molecule has 0 heterocycles. The normalized spacial score (nSPS) is 34.2. The molecule has 0 aromatic carbocycles. The Kier molecular flexibility index (Phi) is 3.99. The average Bonchev–Trinajstić information content (AvgIpc) is 2.05. The summed E-state index contributed by atoms with van der Waals surface area (Å²) in [4.78, 5) is 0. The van der Waals surface area contributed by atoms with E-state index in [9.17, 15) is 0 Å². The highest BCUT2D eigenvalue weighted by molar-refractivity contribution is 14.1. The van der Waals surface area contributed by atoms with Crippen molar-refractivity contribution in [2.75, 3.05) is 11.0 Å². The maximum absolute atomic E-state index is 8.85. The van der Waals surface area contributed by atoms with Gasteiger partial charge >= 0.3 is 0 Å². The first-order valence-electron chi connectivity index (χ1n) is 4.03. The second kappa shape index (κ2) is 4.54. The molecule has 0 bridgehead atoms. The average molecular weight is 254 g/mol. The van der Waals surface area contributed by atoms with E-state index in [0.29, 0.717) is 12.5 Å². The lowest BCUT2D eigenvalue weighted by molar-refractivity contribution is 0.173. The van der Waals surface area contributed by atoms with Crippen molar-refractivity contribution in [2.24, 2.45) is 11.8 Å². The van der Waals surface area contributed by atoms with Crippen molar-refractivity contribution in [3.05, 3.63) is 0 Å². The number of aliphatic hydroxyl groups excluding tert-OH is 1. The Hall–Kier alpha value is 0.690. The molecule has 0 amide bonds. The van der Waals surface area contributed by atoms with Crippen LogP contribution in [0.3, 0.4) is 0 Å². The Balaban J connectivity index is 2.17. The minimum atomic E-state index is 0.411. The summed E-state index contributed by atoms with van der Waals surface area (Å²) in [6.45, 7) is 0.411. The van der Waals surface area contributed by atoms with Gasteiger partial charge in [-0.1, -0.05) is 22.6 Å². The van der Waals surface area contributed by atoms with E-state index in [1.54, 1.807) is 0 Å². The third kappa shape index (κ3) is 2.38. The summed E-state index contributed by atoms with van der Waals surface area (Å²) in [5.41, 5.74) is 0. The first kappa shape index (κ1) is 8.78. The maximum Gasteiger partial charge on any atom is 0.0459 e. The summed E-state index contributed by atoms with van der Waals surface area (Å²) in [5, 5.41) is 8.85. The SMILES string of the molecule is OCC1CCC(CI)CC1. The van der Waals surface area contributed by atoms with Gasteiger partial charge in [-0.15, -0.1) is 0 Å². The molecule has 2 heteroatoms. The molecule has 10 heavy (non-hydrogen) atoms. The molecule has 0 radical (unpaired) electrons. The Bertz CT molecular complexity index is 75.3. The standard InChI is InChI=1S/C8H15IO/c9-5-7-1-3-8(6-10)4-2-7/h7-8,10H,1-6H2. The topological polar surface area (TPSA) is 20.2 Å². The summed E-state index contributed by atoms with van der Waals surface area (Å²) in [5.74, 6) is 1.57. The smallest absolute Gasteiger partial charge is 0.0459 e. The quantitative estimate of drug-likeness (QED) is 0.591. The fourth-order valence-corrected chi connectivity index (χ4v) is 2.45. The molecular formula is C8H15IO. The van der Waals surface area contributed by atoms with Gasteiger partial charge in [-0.2, -0.15) is 0 Å². The number of halogens is 1.